The zero-order valence-corrected chi connectivity index (χ0v) is 5.30. The number of rotatable bonds is 2. The van der Waals surface area contributed by atoms with Gasteiger partial charge in [0.05, 0.1) is 6.20 Å². The molecule has 1 aromatic rings. The Bertz CT molecular complexity index is 241. The van der Waals surface area contributed by atoms with Gasteiger partial charge in [-0.1, -0.05) is 0 Å². The van der Waals surface area contributed by atoms with Gasteiger partial charge < -0.3 is 4.74 Å². The van der Waals surface area contributed by atoms with Crippen LogP contribution in [0.2, 0.25) is 0 Å². The van der Waals surface area contributed by atoms with Crippen LogP contribution in [-0.4, -0.2) is 11.6 Å². The molecule has 0 saturated heterocycles. The molecule has 0 aromatic carbocycles. The number of hydrogen-bond donors (Lipinski definition) is 0. The van der Waals surface area contributed by atoms with Gasteiger partial charge in [0.15, 0.2) is 11.6 Å². The first kappa shape index (κ1) is 7.84. The summed E-state index contributed by atoms with van der Waals surface area (Å²) in [6.45, 7) is -3.02. The average molecular weight is 163 g/mol. The Morgan fingerprint density at radius 3 is 2.73 bits per heavy atom. The molecule has 0 saturated carbocycles. The van der Waals surface area contributed by atoms with E-state index in [1.165, 1.54) is 0 Å². The first-order chi connectivity index (χ1) is 5.20. The van der Waals surface area contributed by atoms with Crippen molar-refractivity contribution < 1.29 is 17.9 Å². The Kier molecular flexibility index (Phi) is 2.30. The maximum absolute atomic E-state index is 12.5. The van der Waals surface area contributed by atoms with E-state index in [0.29, 0.717) is 0 Å². The SMILES string of the molecule is Fc1ccncc1OC(F)F. The van der Waals surface area contributed by atoms with Gasteiger partial charge in [0.2, 0.25) is 0 Å². The van der Waals surface area contributed by atoms with Crippen LogP contribution in [0.5, 0.6) is 5.75 Å². The van der Waals surface area contributed by atoms with Crippen LogP contribution >= 0.6 is 0 Å². The Morgan fingerprint density at radius 1 is 1.45 bits per heavy atom. The quantitative estimate of drug-likeness (QED) is 0.663. The number of halogens is 3. The highest BCUT2D eigenvalue weighted by Crippen LogP contribution is 2.15. The largest absolute Gasteiger partial charge is 0.430 e. The summed E-state index contributed by atoms with van der Waals surface area (Å²) < 4.78 is 39.2. The highest BCUT2D eigenvalue weighted by Gasteiger charge is 2.08. The van der Waals surface area contributed by atoms with Crippen LogP contribution in [0.15, 0.2) is 18.5 Å². The molecule has 1 heterocycles. The Balaban J connectivity index is 2.78. The van der Waals surface area contributed by atoms with Gasteiger partial charge in [-0.25, -0.2) is 4.39 Å². The highest BCUT2D eigenvalue weighted by atomic mass is 19.3. The van der Waals surface area contributed by atoms with Gasteiger partial charge in [-0.05, 0) is 6.07 Å². The Hall–Kier alpha value is -1.26. The van der Waals surface area contributed by atoms with E-state index in [9.17, 15) is 13.2 Å². The second kappa shape index (κ2) is 3.23. The third kappa shape index (κ3) is 2.10. The lowest BCUT2D eigenvalue weighted by molar-refractivity contribution is -0.0524. The van der Waals surface area contributed by atoms with Gasteiger partial charge in [-0.15, -0.1) is 0 Å². The molecular formula is C6H4F3NO. The van der Waals surface area contributed by atoms with Gasteiger partial charge in [-0.3, -0.25) is 4.98 Å². The van der Waals surface area contributed by atoms with E-state index in [0.717, 1.165) is 18.5 Å². The zero-order valence-electron chi connectivity index (χ0n) is 5.30. The molecule has 1 aromatic heterocycles. The minimum absolute atomic E-state index is 0.539. The van der Waals surface area contributed by atoms with Crippen molar-refractivity contribution in [2.45, 2.75) is 6.61 Å². The van der Waals surface area contributed by atoms with E-state index in [1.807, 2.05) is 0 Å². The molecule has 0 unspecified atom stereocenters. The van der Waals surface area contributed by atoms with Crippen molar-refractivity contribution in [3.63, 3.8) is 0 Å². The van der Waals surface area contributed by atoms with Crippen molar-refractivity contribution in [3.8, 4) is 5.75 Å². The molecule has 0 aliphatic rings. The van der Waals surface area contributed by atoms with Crippen LogP contribution < -0.4 is 4.74 Å². The molecule has 0 bridgehead atoms. The monoisotopic (exact) mass is 163 g/mol. The van der Waals surface area contributed by atoms with Crippen molar-refractivity contribution in [3.05, 3.63) is 24.3 Å². The van der Waals surface area contributed by atoms with Crippen LogP contribution in [0, 0.1) is 5.82 Å². The van der Waals surface area contributed by atoms with Crippen LogP contribution in [-0.2, 0) is 0 Å². The fourth-order valence-corrected chi connectivity index (χ4v) is 0.546. The molecule has 0 aliphatic carbocycles. The third-order valence-corrected chi connectivity index (χ3v) is 0.950. The van der Waals surface area contributed by atoms with Gasteiger partial charge in [0.25, 0.3) is 0 Å². The van der Waals surface area contributed by atoms with Crippen LogP contribution in [0.3, 0.4) is 0 Å². The second-order valence-corrected chi connectivity index (χ2v) is 1.68. The summed E-state index contributed by atoms with van der Waals surface area (Å²) in [5.74, 6) is -1.39. The molecule has 0 amide bonds. The highest BCUT2D eigenvalue weighted by molar-refractivity contribution is 5.18. The lowest BCUT2D eigenvalue weighted by Gasteiger charge is -2.02. The lowest BCUT2D eigenvalue weighted by atomic mass is 10.4. The van der Waals surface area contributed by atoms with Crippen molar-refractivity contribution >= 4 is 0 Å². The number of ether oxygens (including phenoxy) is 1. The predicted octanol–water partition coefficient (Wildman–Crippen LogP) is 1.82. The van der Waals surface area contributed by atoms with Crippen molar-refractivity contribution in [2.75, 3.05) is 0 Å². The smallest absolute Gasteiger partial charge is 0.387 e. The molecular weight excluding hydrogens is 159 g/mol. The molecule has 0 aliphatic heterocycles. The number of alkyl halides is 2. The number of hydrogen-bond acceptors (Lipinski definition) is 2. The first-order valence-electron chi connectivity index (χ1n) is 2.74. The third-order valence-electron chi connectivity index (χ3n) is 0.950. The van der Waals surface area contributed by atoms with E-state index in [2.05, 4.69) is 9.72 Å². The van der Waals surface area contributed by atoms with E-state index in [-0.39, 0.29) is 0 Å². The topological polar surface area (TPSA) is 22.1 Å². The molecule has 1 rings (SSSR count). The van der Waals surface area contributed by atoms with E-state index in [1.54, 1.807) is 0 Å². The van der Waals surface area contributed by atoms with Gasteiger partial charge in [0.1, 0.15) is 0 Å². The molecule has 60 valence electrons. The Morgan fingerprint density at radius 2 is 2.18 bits per heavy atom. The second-order valence-electron chi connectivity index (χ2n) is 1.68. The summed E-state index contributed by atoms with van der Waals surface area (Å²) in [5.41, 5.74) is 0. The van der Waals surface area contributed by atoms with Crippen LogP contribution in [0.25, 0.3) is 0 Å². The number of aromatic nitrogens is 1. The van der Waals surface area contributed by atoms with E-state index >= 15 is 0 Å². The van der Waals surface area contributed by atoms with E-state index < -0.39 is 18.2 Å². The zero-order chi connectivity index (χ0) is 8.27. The summed E-state index contributed by atoms with van der Waals surface area (Å²) in [7, 11) is 0. The average Bonchev–Trinajstić information content (AvgIpc) is 1.93. The molecule has 0 spiro atoms. The van der Waals surface area contributed by atoms with Crippen molar-refractivity contribution in [1.29, 1.82) is 0 Å². The molecule has 11 heavy (non-hydrogen) atoms. The first-order valence-corrected chi connectivity index (χ1v) is 2.74. The lowest BCUT2D eigenvalue weighted by Crippen LogP contribution is -2.03. The van der Waals surface area contributed by atoms with Crippen LogP contribution in [0.4, 0.5) is 13.2 Å². The molecule has 0 atom stereocenters. The number of nitrogens with zero attached hydrogens (tertiary/aromatic N) is 1. The van der Waals surface area contributed by atoms with Gasteiger partial charge in [-0.2, -0.15) is 8.78 Å². The molecule has 0 N–H and O–H groups in total. The summed E-state index contributed by atoms with van der Waals surface area (Å²) in [6, 6.07) is 0.942. The molecule has 5 heteroatoms. The summed E-state index contributed by atoms with van der Waals surface area (Å²) >= 11 is 0. The fourth-order valence-electron chi connectivity index (χ4n) is 0.546. The predicted molar refractivity (Wildman–Crippen MR) is 30.8 cm³/mol. The van der Waals surface area contributed by atoms with Crippen LogP contribution in [0.1, 0.15) is 0 Å². The maximum atomic E-state index is 12.5. The number of pyridine rings is 1. The summed E-state index contributed by atoms with van der Waals surface area (Å²) in [4.78, 5) is 3.40. The standard InChI is InChI=1S/C6H4F3NO/c7-4-1-2-10-3-5(4)11-6(8)9/h1-3,6H. The van der Waals surface area contributed by atoms with Crippen molar-refractivity contribution in [1.82, 2.24) is 4.98 Å². The molecule has 0 radical (unpaired) electrons. The maximum Gasteiger partial charge on any atom is 0.387 e. The fraction of sp³-hybridized carbons (Fsp3) is 0.167. The van der Waals surface area contributed by atoms with E-state index in [4.69, 9.17) is 0 Å². The molecule has 0 fully saturated rings. The summed E-state index contributed by atoms with van der Waals surface area (Å²) in [6.07, 6.45) is 2.04. The summed E-state index contributed by atoms with van der Waals surface area (Å²) in [5, 5.41) is 0. The Labute approximate surface area is 60.6 Å². The normalized spacial score (nSPS) is 10.2. The minimum atomic E-state index is -3.02. The van der Waals surface area contributed by atoms with Crippen molar-refractivity contribution in [2.24, 2.45) is 0 Å². The van der Waals surface area contributed by atoms with Gasteiger partial charge in [0, 0.05) is 6.20 Å². The van der Waals surface area contributed by atoms with Gasteiger partial charge >= 0.3 is 6.61 Å². The molecule has 2 nitrogen and oxygen atoms in total. The minimum Gasteiger partial charge on any atom is -0.430 e.